The third kappa shape index (κ3) is 16.8. The van der Waals surface area contributed by atoms with Crippen LogP contribution in [0.15, 0.2) is 43.5 Å². The molecule has 2 nitrogen and oxygen atoms in total. The van der Waals surface area contributed by atoms with Crippen molar-refractivity contribution in [2.45, 2.75) is 95.5 Å². The molecular formula is C24H39BrMgO2. The first-order chi connectivity index (χ1) is 12.6. The molecule has 0 unspecified atom stereocenters. The van der Waals surface area contributed by atoms with E-state index >= 15 is 0 Å². The van der Waals surface area contributed by atoms with Crippen LogP contribution >= 0.6 is 0 Å². The fraction of sp³-hybridized carbons (Fsp3) is 0.625. The number of Topliss-reactive ketones (excluding diaryl/α,β-unsaturated/α-hetero) is 1. The van der Waals surface area contributed by atoms with E-state index in [4.69, 9.17) is 0 Å². The molecule has 0 saturated heterocycles. The van der Waals surface area contributed by atoms with E-state index in [1.54, 1.807) is 6.08 Å². The van der Waals surface area contributed by atoms with E-state index in [-0.39, 0.29) is 40.0 Å². The number of carbonyl (C=O) groups is 1. The Morgan fingerprint density at radius 1 is 0.893 bits per heavy atom. The number of rotatable bonds is 2. The first kappa shape index (κ1) is 32.5. The van der Waals surface area contributed by atoms with Crippen molar-refractivity contribution in [2.75, 3.05) is 0 Å². The van der Waals surface area contributed by atoms with Crippen LogP contribution in [-0.4, -0.2) is 39.5 Å². The summed E-state index contributed by atoms with van der Waals surface area (Å²) >= 11 is 0. The van der Waals surface area contributed by atoms with Crippen LogP contribution in [0.2, 0.25) is 0 Å². The number of allylic oxidation sites excluding steroid dienone is 3. The summed E-state index contributed by atoms with van der Waals surface area (Å²) in [6.07, 6.45) is 21.8. The molecule has 0 radical (unpaired) electrons. The Morgan fingerprint density at radius 3 is 1.68 bits per heavy atom. The largest absolute Gasteiger partial charge is 2.00 e. The minimum atomic E-state index is -0.516. The molecule has 3 aliphatic carbocycles. The molecule has 28 heavy (non-hydrogen) atoms. The number of aliphatic hydroxyl groups is 1. The second-order valence-electron chi connectivity index (χ2n) is 7.20. The molecule has 3 aliphatic rings. The number of hydrogen-bond acceptors (Lipinski definition) is 2. The van der Waals surface area contributed by atoms with E-state index in [1.165, 1.54) is 44.1 Å². The van der Waals surface area contributed by atoms with Gasteiger partial charge in [-0.2, -0.15) is 0 Å². The van der Waals surface area contributed by atoms with Gasteiger partial charge in [-0.05, 0) is 51.4 Å². The molecule has 0 spiro atoms. The Morgan fingerprint density at radius 2 is 1.39 bits per heavy atom. The summed E-state index contributed by atoms with van der Waals surface area (Å²) in [7, 11) is 0. The second-order valence-corrected chi connectivity index (χ2v) is 7.20. The molecular weight excluding hydrogens is 424 g/mol. The molecule has 0 atom stereocenters. The van der Waals surface area contributed by atoms with Gasteiger partial charge in [0.25, 0.3) is 0 Å². The average Bonchev–Trinajstić information content (AvgIpc) is 2.72. The van der Waals surface area contributed by atoms with Crippen LogP contribution in [0.4, 0.5) is 0 Å². The van der Waals surface area contributed by atoms with E-state index in [0.717, 1.165) is 51.4 Å². The minimum absolute atomic E-state index is 0. The van der Waals surface area contributed by atoms with Gasteiger partial charge in [0, 0.05) is 12.8 Å². The summed E-state index contributed by atoms with van der Waals surface area (Å²) in [6.45, 7) is 14.3. The molecule has 156 valence electrons. The smallest absolute Gasteiger partial charge is 1.00 e. The molecule has 0 aromatic heterocycles. The molecule has 0 aliphatic heterocycles. The molecule has 0 aromatic rings. The Bertz CT molecular complexity index is 432. The third-order valence-corrected chi connectivity index (χ3v) is 5.10. The van der Waals surface area contributed by atoms with Gasteiger partial charge < -0.3 is 28.7 Å². The van der Waals surface area contributed by atoms with Crippen LogP contribution in [-0.2, 0) is 4.79 Å². The molecule has 4 heteroatoms. The quantitative estimate of drug-likeness (QED) is 0.388. The molecule has 0 aromatic carbocycles. The van der Waals surface area contributed by atoms with E-state index in [2.05, 4.69) is 32.4 Å². The standard InChI is InChI=1S/C8H14O.C8H12.C6H10O.C2H3.BrH.Mg/c1-2-8(9)6-4-3-5-7-8;1-2-8-6-4-3-5-7-8;7-6-4-2-1-3-5-6;1-2;;/h2,9H,1,3-7H2;2,6H,1,3-5,7H2;1-5H2;1H,2H2;1H;/q;;;-1;;+2/p-1. The minimum Gasteiger partial charge on any atom is -1.00 e. The summed E-state index contributed by atoms with van der Waals surface area (Å²) in [5.41, 5.74) is 0.925. The molecule has 0 heterocycles. The first-order valence-electron chi connectivity index (χ1n) is 10.2. The summed E-state index contributed by atoms with van der Waals surface area (Å²) in [5.74, 6) is 0.464. The van der Waals surface area contributed by atoms with Crippen LogP contribution in [0.3, 0.4) is 0 Å². The molecule has 2 fully saturated rings. The van der Waals surface area contributed by atoms with Crippen molar-refractivity contribution < 1.29 is 26.9 Å². The van der Waals surface area contributed by atoms with E-state index < -0.39 is 5.60 Å². The number of hydrogen-bond donors (Lipinski definition) is 1. The molecule has 0 amide bonds. The Kier molecular flexibility index (Phi) is 25.0. The maximum atomic E-state index is 10.5. The Labute approximate surface area is 200 Å². The average molecular weight is 464 g/mol. The van der Waals surface area contributed by atoms with Crippen LogP contribution in [0.1, 0.15) is 89.9 Å². The fourth-order valence-corrected chi connectivity index (χ4v) is 3.36. The van der Waals surface area contributed by atoms with Crippen LogP contribution in [0.25, 0.3) is 0 Å². The number of halogens is 1. The van der Waals surface area contributed by atoms with E-state index in [0.29, 0.717) is 5.78 Å². The normalized spacial score (nSPS) is 19.6. The molecule has 2 saturated carbocycles. The van der Waals surface area contributed by atoms with Gasteiger partial charge in [-0.3, -0.25) is 11.4 Å². The van der Waals surface area contributed by atoms with E-state index in [9.17, 15) is 9.90 Å². The summed E-state index contributed by atoms with van der Waals surface area (Å²) in [5, 5.41) is 9.56. The third-order valence-electron chi connectivity index (χ3n) is 5.10. The Hall–Kier alpha value is -0.164. The van der Waals surface area contributed by atoms with Crippen LogP contribution in [0, 0.1) is 6.58 Å². The van der Waals surface area contributed by atoms with Gasteiger partial charge in [0.15, 0.2) is 0 Å². The van der Waals surface area contributed by atoms with Gasteiger partial charge in [-0.25, -0.2) is 0 Å². The summed E-state index contributed by atoms with van der Waals surface area (Å²) < 4.78 is 0. The first-order valence-corrected chi connectivity index (χ1v) is 10.2. The van der Waals surface area contributed by atoms with Gasteiger partial charge >= 0.3 is 23.1 Å². The number of ketones is 1. The van der Waals surface area contributed by atoms with Crippen molar-refractivity contribution in [1.82, 2.24) is 0 Å². The maximum Gasteiger partial charge on any atom is 2.00 e. The van der Waals surface area contributed by atoms with Crippen molar-refractivity contribution in [1.29, 1.82) is 0 Å². The van der Waals surface area contributed by atoms with Gasteiger partial charge in [0.1, 0.15) is 5.78 Å². The second kappa shape index (κ2) is 21.5. The monoisotopic (exact) mass is 462 g/mol. The van der Waals surface area contributed by atoms with Gasteiger partial charge in [0.05, 0.1) is 5.60 Å². The van der Waals surface area contributed by atoms with Crippen LogP contribution < -0.4 is 17.0 Å². The van der Waals surface area contributed by atoms with Gasteiger partial charge in [-0.15, -0.1) is 6.58 Å². The number of carbonyl (C=O) groups excluding carboxylic acids is 1. The summed E-state index contributed by atoms with van der Waals surface area (Å²) in [4.78, 5) is 10.5. The van der Waals surface area contributed by atoms with Gasteiger partial charge in [0.2, 0.25) is 0 Å². The van der Waals surface area contributed by atoms with Crippen molar-refractivity contribution in [2.24, 2.45) is 0 Å². The zero-order chi connectivity index (χ0) is 19.7. The predicted molar refractivity (Wildman–Crippen MR) is 119 cm³/mol. The SMILES string of the molecule is C=CC1(O)CCCCC1.C=CC1=CCCCC1.O=C1CCCCC1.[Br-].[CH-]=C.[Mg+2]. The van der Waals surface area contributed by atoms with Crippen molar-refractivity contribution in [3.8, 4) is 0 Å². The van der Waals surface area contributed by atoms with Gasteiger partial charge in [-0.1, -0.05) is 56.1 Å². The van der Waals surface area contributed by atoms with Crippen LogP contribution in [0.5, 0.6) is 0 Å². The van der Waals surface area contributed by atoms with Crippen molar-refractivity contribution in [3.05, 3.63) is 50.1 Å². The maximum absolute atomic E-state index is 10.5. The molecule has 3 rings (SSSR count). The molecule has 1 N–H and O–H groups in total. The molecule has 0 bridgehead atoms. The van der Waals surface area contributed by atoms with E-state index in [1.807, 2.05) is 6.08 Å². The zero-order valence-corrected chi connectivity index (χ0v) is 20.8. The fourth-order valence-electron chi connectivity index (χ4n) is 3.36. The predicted octanol–water partition coefficient (Wildman–Crippen LogP) is 3.29. The topological polar surface area (TPSA) is 37.3 Å². The zero-order valence-electron chi connectivity index (χ0n) is 17.8. The Balaban J connectivity index is -0.000000311. The van der Waals surface area contributed by atoms with Crippen molar-refractivity contribution >= 4 is 28.8 Å². The van der Waals surface area contributed by atoms with Crippen molar-refractivity contribution in [3.63, 3.8) is 0 Å². The summed E-state index contributed by atoms with van der Waals surface area (Å²) in [6, 6.07) is 0.